The number of carbonyl (C=O) groups is 1. The lowest BCUT2D eigenvalue weighted by Crippen LogP contribution is -2.49. The third-order valence-electron chi connectivity index (χ3n) is 5.75. The number of sulfonamides is 1. The van der Waals surface area contributed by atoms with Crippen LogP contribution in [0, 0.1) is 0 Å². The molecule has 2 aromatic rings. The van der Waals surface area contributed by atoms with Gasteiger partial charge >= 0.3 is 0 Å². The Morgan fingerprint density at radius 2 is 1.66 bits per heavy atom. The van der Waals surface area contributed by atoms with Crippen LogP contribution in [0.5, 0.6) is 5.75 Å². The van der Waals surface area contributed by atoms with Crippen molar-refractivity contribution in [1.82, 2.24) is 10.2 Å². The maximum Gasteiger partial charge on any atom is 0.244 e. The molecule has 0 spiro atoms. The van der Waals surface area contributed by atoms with Gasteiger partial charge in [-0.15, -0.1) is 0 Å². The van der Waals surface area contributed by atoms with E-state index in [0.29, 0.717) is 24.4 Å². The van der Waals surface area contributed by atoms with Crippen LogP contribution < -0.4 is 14.4 Å². The van der Waals surface area contributed by atoms with Crippen molar-refractivity contribution < 1.29 is 17.9 Å². The molecule has 174 valence electrons. The SMILES string of the molecule is CC[C@H](C(=O)NCc1ccc(CN2CCCC2)cc1)N(c1ccc(OC)cc1)S(C)(=O)=O. The third kappa shape index (κ3) is 6.23. The van der Waals surface area contributed by atoms with E-state index in [9.17, 15) is 13.2 Å². The molecule has 7 nitrogen and oxygen atoms in total. The summed E-state index contributed by atoms with van der Waals surface area (Å²) in [6.07, 6.45) is 4.00. The van der Waals surface area contributed by atoms with E-state index in [0.717, 1.165) is 31.5 Å². The van der Waals surface area contributed by atoms with E-state index in [1.54, 1.807) is 38.3 Å². The normalized spacial score (nSPS) is 15.3. The average Bonchev–Trinajstić information content (AvgIpc) is 3.29. The fourth-order valence-electron chi connectivity index (χ4n) is 4.06. The van der Waals surface area contributed by atoms with Gasteiger partial charge in [0.2, 0.25) is 15.9 Å². The zero-order chi connectivity index (χ0) is 23.1. The molecule has 1 fully saturated rings. The van der Waals surface area contributed by atoms with Gasteiger partial charge in [0.1, 0.15) is 11.8 Å². The third-order valence-corrected chi connectivity index (χ3v) is 6.93. The Morgan fingerprint density at radius 3 is 2.19 bits per heavy atom. The fraction of sp³-hybridized carbons (Fsp3) is 0.458. The molecule has 0 bridgehead atoms. The van der Waals surface area contributed by atoms with Gasteiger partial charge in [-0.05, 0) is 67.7 Å². The van der Waals surface area contributed by atoms with Crippen molar-refractivity contribution in [2.75, 3.05) is 30.8 Å². The summed E-state index contributed by atoms with van der Waals surface area (Å²) in [5, 5.41) is 2.91. The second-order valence-electron chi connectivity index (χ2n) is 8.20. The number of rotatable bonds is 10. The molecule has 1 N–H and O–H groups in total. The highest BCUT2D eigenvalue weighted by atomic mass is 32.2. The fourth-order valence-corrected chi connectivity index (χ4v) is 5.27. The van der Waals surface area contributed by atoms with Crippen LogP contribution in [0.1, 0.15) is 37.3 Å². The summed E-state index contributed by atoms with van der Waals surface area (Å²) >= 11 is 0. The number of carbonyl (C=O) groups excluding carboxylic acids is 1. The standard InChI is InChI=1S/C24H33N3O4S/c1-4-23(27(32(3,29)30)21-11-13-22(31-2)14-12-21)24(28)25-17-19-7-9-20(10-8-19)18-26-15-5-6-16-26/h7-14,23H,4-6,15-18H2,1-3H3,(H,25,28)/t23-/m1/s1. The summed E-state index contributed by atoms with van der Waals surface area (Å²) < 4.78 is 31.4. The first kappa shape index (κ1) is 24.1. The minimum Gasteiger partial charge on any atom is -0.497 e. The molecule has 0 unspecified atom stereocenters. The number of nitrogens with one attached hydrogen (secondary N) is 1. The molecule has 3 rings (SSSR count). The van der Waals surface area contributed by atoms with Gasteiger partial charge in [0.15, 0.2) is 0 Å². The van der Waals surface area contributed by atoms with Crippen molar-refractivity contribution in [2.45, 2.75) is 45.3 Å². The number of amides is 1. The van der Waals surface area contributed by atoms with Crippen LogP contribution in [0.2, 0.25) is 0 Å². The molecule has 0 aliphatic carbocycles. The number of likely N-dealkylation sites (tertiary alicyclic amines) is 1. The molecule has 1 saturated heterocycles. The second kappa shape index (κ2) is 10.8. The first-order valence-electron chi connectivity index (χ1n) is 11.0. The Kier molecular flexibility index (Phi) is 8.15. The van der Waals surface area contributed by atoms with E-state index in [-0.39, 0.29) is 5.91 Å². The van der Waals surface area contributed by atoms with E-state index in [4.69, 9.17) is 4.74 Å². The summed E-state index contributed by atoms with van der Waals surface area (Å²) in [6.45, 7) is 5.41. The van der Waals surface area contributed by atoms with Gasteiger partial charge in [0, 0.05) is 13.1 Å². The van der Waals surface area contributed by atoms with Gasteiger partial charge in [-0.25, -0.2) is 8.42 Å². The van der Waals surface area contributed by atoms with Crippen LogP contribution in [0.4, 0.5) is 5.69 Å². The number of anilines is 1. The van der Waals surface area contributed by atoms with E-state index in [1.807, 2.05) is 12.1 Å². The number of nitrogens with zero attached hydrogens (tertiary/aromatic N) is 2. The van der Waals surface area contributed by atoms with E-state index < -0.39 is 16.1 Å². The van der Waals surface area contributed by atoms with E-state index in [2.05, 4.69) is 22.3 Å². The topological polar surface area (TPSA) is 79.0 Å². The molecule has 0 saturated carbocycles. The van der Waals surface area contributed by atoms with Crippen LogP contribution in [0.15, 0.2) is 48.5 Å². The van der Waals surface area contributed by atoms with Gasteiger partial charge in [-0.3, -0.25) is 14.0 Å². The number of hydrogen-bond donors (Lipinski definition) is 1. The first-order chi connectivity index (χ1) is 15.3. The van der Waals surface area contributed by atoms with Gasteiger partial charge in [0.25, 0.3) is 0 Å². The van der Waals surface area contributed by atoms with Crippen LogP contribution in [-0.2, 0) is 27.9 Å². The Hall–Kier alpha value is -2.58. The molecule has 1 amide bonds. The quantitative estimate of drug-likeness (QED) is 0.591. The molecule has 0 aromatic heterocycles. The molecule has 2 aromatic carbocycles. The lowest BCUT2D eigenvalue weighted by atomic mass is 10.1. The lowest BCUT2D eigenvalue weighted by molar-refractivity contribution is -0.122. The van der Waals surface area contributed by atoms with Crippen LogP contribution in [-0.4, -0.2) is 51.7 Å². The maximum atomic E-state index is 13.0. The Balaban J connectivity index is 1.66. The molecule has 32 heavy (non-hydrogen) atoms. The minimum absolute atomic E-state index is 0.324. The smallest absolute Gasteiger partial charge is 0.244 e. The number of ether oxygens (including phenoxy) is 1. The zero-order valence-electron chi connectivity index (χ0n) is 19.1. The van der Waals surface area contributed by atoms with Gasteiger partial charge in [-0.2, -0.15) is 0 Å². The van der Waals surface area contributed by atoms with Crippen molar-refractivity contribution in [3.8, 4) is 5.75 Å². The molecular formula is C24H33N3O4S. The molecule has 1 aliphatic rings. The molecule has 8 heteroatoms. The van der Waals surface area contributed by atoms with Crippen LogP contribution in [0.25, 0.3) is 0 Å². The molecule has 1 heterocycles. The first-order valence-corrected chi connectivity index (χ1v) is 12.9. The van der Waals surface area contributed by atoms with Crippen molar-refractivity contribution in [1.29, 1.82) is 0 Å². The predicted molar refractivity (Wildman–Crippen MR) is 127 cm³/mol. The Labute approximate surface area is 191 Å². The summed E-state index contributed by atoms with van der Waals surface area (Å²) in [5.41, 5.74) is 2.67. The van der Waals surface area contributed by atoms with Gasteiger partial charge in [-0.1, -0.05) is 31.2 Å². The van der Waals surface area contributed by atoms with Crippen molar-refractivity contribution in [3.05, 3.63) is 59.7 Å². The molecule has 1 aliphatic heterocycles. The zero-order valence-corrected chi connectivity index (χ0v) is 19.9. The molecular weight excluding hydrogens is 426 g/mol. The summed E-state index contributed by atoms with van der Waals surface area (Å²) in [7, 11) is -2.12. The van der Waals surface area contributed by atoms with Gasteiger partial charge in [0.05, 0.1) is 19.1 Å². The predicted octanol–water partition coefficient (Wildman–Crippen LogP) is 3.15. The summed E-state index contributed by atoms with van der Waals surface area (Å²) in [5.74, 6) is 0.294. The number of methoxy groups -OCH3 is 1. The highest BCUT2D eigenvalue weighted by Crippen LogP contribution is 2.25. The maximum absolute atomic E-state index is 13.0. The second-order valence-corrected chi connectivity index (χ2v) is 10.1. The van der Waals surface area contributed by atoms with E-state index in [1.165, 1.54) is 22.7 Å². The lowest BCUT2D eigenvalue weighted by Gasteiger charge is -2.30. The van der Waals surface area contributed by atoms with Crippen LogP contribution >= 0.6 is 0 Å². The van der Waals surface area contributed by atoms with E-state index >= 15 is 0 Å². The molecule has 0 radical (unpaired) electrons. The molecule has 1 atom stereocenters. The largest absolute Gasteiger partial charge is 0.497 e. The summed E-state index contributed by atoms with van der Waals surface area (Å²) in [4.78, 5) is 15.4. The van der Waals surface area contributed by atoms with Gasteiger partial charge < -0.3 is 10.1 Å². The number of hydrogen-bond acceptors (Lipinski definition) is 5. The van der Waals surface area contributed by atoms with Crippen molar-refractivity contribution in [2.24, 2.45) is 0 Å². The monoisotopic (exact) mass is 459 g/mol. The highest BCUT2D eigenvalue weighted by Gasteiger charge is 2.31. The Morgan fingerprint density at radius 1 is 1.06 bits per heavy atom. The average molecular weight is 460 g/mol. The minimum atomic E-state index is -3.67. The van der Waals surface area contributed by atoms with Crippen molar-refractivity contribution >= 4 is 21.6 Å². The summed E-state index contributed by atoms with van der Waals surface area (Å²) in [6, 6.07) is 14.0. The van der Waals surface area contributed by atoms with Crippen molar-refractivity contribution in [3.63, 3.8) is 0 Å². The highest BCUT2D eigenvalue weighted by molar-refractivity contribution is 7.92. The van der Waals surface area contributed by atoms with Crippen LogP contribution in [0.3, 0.4) is 0 Å². The number of benzene rings is 2. The Bertz CT molecular complexity index is 985.